The average Bonchev–Trinajstić information content (AvgIpc) is 3.10. The molecule has 0 atom stereocenters. The van der Waals surface area contributed by atoms with Gasteiger partial charge in [0.05, 0.1) is 12.7 Å². The molecule has 3 aromatic rings. The Kier molecular flexibility index (Phi) is 6.82. The number of carbonyl (C=O) groups excluding carboxylic acids is 1. The first-order valence-corrected chi connectivity index (χ1v) is 11.7. The number of hydrogen-bond donors (Lipinski definition) is 1. The highest BCUT2D eigenvalue weighted by Crippen LogP contribution is 2.39. The van der Waals surface area contributed by atoms with Crippen LogP contribution in [0.15, 0.2) is 53.5 Å². The van der Waals surface area contributed by atoms with Crippen molar-refractivity contribution in [3.05, 3.63) is 75.7 Å². The molecule has 31 heavy (non-hydrogen) atoms. The van der Waals surface area contributed by atoms with Crippen molar-refractivity contribution in [3.8, 4) is 5.75 Å². The number of benzene rings is 2. The van der Waals surface area contributed by atoms with Crippen LogP contribution >= 0.6 is 11.3 Å². The second kappa shape index (κ2) is 9.92. The minimum atomic E-state index is -0.0668. The summed E-state index contributed by atoms with van der Waals surface area (Å²) in [6, 6.07) is 15.6. The summed E-state index contributed by atoms with van der Waals surface area (Å²) in [5, 5.41) is 3.87. The molecule has 0 unspecified atom stereocenters. The molecule has 1 aliphatic rings. The molecule has 160 valence electrons. The van der Waals surface area contributed by atoms with Gasteiger partial charge in [0.25, 0.3) is 5.91 Å². The quantitative estimate of drug-likeness (QED) is 0.455. The minimum Gasteiger partial charge on any atom is -0.497 e. The molecular weight excluding hydrogens is 404 g/mol. The number of carbonyl (C=O) groups is 1. The summed E-state index contributed by atoms with van der Waals surface area (Å²) in [4.78, 5) is 19.5. The largest absolute Gasteiger partial charge is 0.497 e. The lowest BCUT2D eigenvalue weighted by molar-refractivity contribution is 0.102. The van der Waals surface area contributed by atoms with E-state index < -0.39 is 0 Å². The second-order valence-electron chi connectivity index (χ2n) is 7.90. The van der Waals surface area contributed by atoms with Crippen molar-refractivity contribution in [1.82, 2.24) is 0 Å². The van der Waals surface area contributed by atoms with E-state index in [1.165, 1.54) is 29.7 Å². The first-order valence-electron chi connectivity index (χ1n) is 10.9. The van der Waals surface area contributed by atoms with Gasteiger partial charge < -0.3 is 10.1 Å². The number of rotatable bonds is 5. The lowest BCUT2D eigenvalue weighted by Gasteiger charge is -2.12. The zero-order valence-corrected chi connectivity index (χ0v) is 18.9. The molecule has 0 saturated heterocycles. The smallest absolute Gasteiger partial charge is 0.259 e. The molecule has 0 spiro atoms. The highest BCUT2D eigenvalue weighted by Gasteiger charge is 2.24. The van der Waals surface area contributed by atoms with E-state index >= 15 is 0 Å². The molecule has 4 rings (SSSR count). The van der Waals surface area contributed by atoms with Gasteiger partial charge in [0.15, 0.2) is 0 Å². The Balaban J connectivity index is 1.70. The van der Waals surface area contributed by atoms with Crippen LogP contribution in [0.1, 0.15) is 57.6 Å². The number of fused-ring (bicyclic) bond motifs is 1. The lowest BCUT2D eigenvalue weighted by atomic mass is 9.96. The summed E-state index contributed by atoms with van der Waals surface area (Å²) in [5.41, 5.74) is 4.86. The molecule has 0 bridgehead atoms. The van der Waals surface area contributed by atoms with Gasteiger partial charge in [-0.3, -0.25) is 4.79 Å². The van der Waals surface area contributed by atoms with Crippen LogP contribution in [0.2, 0.25) is 0 Å². The number of hydrogen-bond acceptors (Lipinski definition) is 4. The number of anilines is 1. The summed E-state index contributed by atoms with van der Waals surface area (Å²) < 4.78 is 5.30. The molecule has 1 aromatic heterocycles. The molecule has 0 saturated carbocycles. The maximum Gasteiger partial charge on any atom is 0.259 e. The fourth-order valence-electron chi connectivity index (χ4n) is 3.99. The molecule has 1 aliphatic carbocycles. The predicted octanol–water partition coefficient (Wildman–Crippen LogP) is 6.73. The number of nitrogens with zero attached hydrogens (tertiary/aromatic N) is 1. The van der Waals surface area contributed by atoms with Gasteiger partial charge >= 0.3 is 0 Å². The minimum absolute atomic E-state index is 0.0668. The third-order valence-corrected chi connectivity index (χ3v) is 6.91. The molecule has 0 aliphatic heterocycles. The monoisotopic (exact) mass is 432 g/mol. The zero-order valence-electron chi connectivity index (χ0n) is 18.1. The van der Waals surface area contributed by atoms with Crippen molar-refractivity contribution >= 4 is 34.1 Å². The molecule has 0 radical (unpaired) electrons. The maximum atomic E-state index is 13.3. The maximum absolute atomic E-state index is 13.3. The molecule has 2 aromatic carbocycles. The van der Waals surface area contributed by atoms with Crippen molar-refractivity contribution in [1.29, 1.82) is 0 Å². The van der Waals surface area contributed by atoms with E-state index in [2.05, 4.69) is 5.32 Å². The van der Waals surface area contributed by atoms with Gasteiger partial charge in [0, 0.05) is 16.8 Å². The number of para-hydroxylation sites is 1. The number of amides is 1. The topological polar surface area (TPSA) is 50.7 Å². The van der Waals surface area contributed by atoms with E-state index in [0.717, 1.165) is 52.4 Å². The zero-order chi connectivity index (χ0) is 21.6. The number of aliphatic imine (C=N–C) groups is 1. The van der Waals surface area contributed by atoms with E-state index in [1.807, 2.05) is 61.7 Å². The van der Waals surface area contributed by atoms with E-state index in [9.17, 15) is 4.79 Å². The van der Waals surface area contributed by atoms with Gasteiger partial charge in [-0.1, -0.05) is 31.0 Å². The van der Waals surface area contributed by atoms with E-state index in [4.69, 9.17) is 9.73 Å². The summed E-state index contributed by atoms with van der Waals surface area (Å²) >= 11 is 1.67. The van der Waals surface area contributed by atoms with Crippen molar-refractivity contribution < 1.29 is 9.53 Å². The van der Waals surface area contributed by atoms with Gasteiger partial charge in [-0.2, -0.15) is 0 Å². The second-order valence-corrected chi connectivity index (χ2v) is 8.98. The molecule has 1 N–H and O–H groups in total. The third-order valence-electron chi connectivity index (χ3n) is 5.71. The Labute approximate surface area is 188 Å². The Bertz CT molecular complexity index is 1090. The first-order chi connectivity index (χ1) is 15.2. The van der Waals surface area contributed by atoms with Gasteiger partial charge in [0.1, 0.15) is 10.8 Å². The normalized spacial score (nSPS) is 14.0. The molecule has 1 amide bonds. The van der Waals surface area contributed by atoms with Gasteiger partial charge in [-0.25, -0.2) is 4.99 Å². The van der Waals surface area contributed by atoms with Crippen LogP contribution in [0.4, 0.5) is 10.7 Å². The number of ether oxygens (including phenoxy) is 1. The number of nitrogens with one attached hydrogen (secondary N) is 1. The standard InChI is InChI=1S/C26H28N2O2S/c1-18-16-21(30-2)15-14-19(18)17-27-26-24(25(29)28-20-10-6-5-7-11-20)22-12-8-3-4-9-13-23(22)31-26/h5-7,10-11,14-17H,3-4,8-9,12-13H2,1-2H3,(H,28,29). The van der Waals surface area contributed by atoms with Crippen LogP contribution < -0.4 is 10.1 Å². The van der Waals surface area contributed by atoms with Crippen LogP contribution in [0, 0.1) is 6.92 Å². The molecule has 4 nitrogen and oxygen atoms in total. The van der Waals surface area contributed by atoms with Crippen LogP contribution in [0.3, 0.4) is 0 Å². The van der Waals surface area contributed by atoms with Crippen LogP contribution in [0.5, 0.6) is 5.75 Å². The molecule has 1 heterocycles. The number of thiophene rings is 1. The number of aryl methyl sites for hydroxylation is 2. The SMILES string of the molecule is COc1ccc(C=Nc2sc3c(c2C(=O)Nc2ccccc2)CCCCCC3)c(C)c1. The molecule has 0 fully saturated rings. The highest BCUT2D eigenvalue weighted by molar-refractivity contribution is 7.16. The predicted molar refractivity (Wildman–Crippen MR) is 130 cm³/mol. The van der Waals surface area contributed by atoms with Gasteiger partial charge in [0.2, 0.25) is 0 Å². The fraction of sp³-hybridized carbons (Fsp3) is 0.308. The Morgan fingerprint density at radius 2 is 1.84 bits per heavy atom. The third kappa shape index (κ3) is 5.05. The Morgan fingerprint density at radius 3 is 2.58 bits per heavy atom. The Morgan fingerprint density at radius 1 is 1.06 bits per heavy atom. The van der Waals surface area contributed by atoms with E-state index in [1.54, 1.807) is 18.4 Å². The van der Waals surface area contributed by atoms with Crippen LogP contribution in [0.25, 0.3) is 0 Å². The molecular formula is C26H28N2O2S. The Hall–Kier alpha value is -2.92. The van der Waals surface area contributed by atoms with Crippen molar-refractivity contribution in [2.45, 2.75) is 45.4 Å². The summed E-state index contributed by atoms with van der Waals surface area (Å²) in [5.74, 6) is 0.763. The van der Waals surface area contributed by atoms with Crippen molar-refractivity contribution in [2.24, 2.45) is 4.99 Å². The first kappa shape index (κ1) is 21.3. The van der Waals surface area contributed by atoms with E-state index in [0.29, 0.717) is 0 Å². The van der Waals surface area contributed by atoms with E-state index in [-0.39, 0.29) is 5.91 Å². The fourth-order valence-corrected chi connectivity index (χ4v) is 5.22. The van der Waals surface area contributed by atoms with Crippen LogP contribution in [-0.2, 0) is 12.8 Å². The highest BCUT2D eigenvalue weighted by atomic mass is 32.1. The number of methoxy groups -OCH3 is 1. The van der Waals surface area contributed by atoms with Gasteiger partial charge in [-0.15, -0.1) is 11.3 Å². The van der Waals surface area contributed by atoms with Crippen molar-refractivity contribution in [2.75, 3.05) is 12.4 Å². The summed E-state index contributed by atoms with van der Waals surface area (Å²) in [6.45, 7) is 2.04. The molecule has 5 heteroatoms. The van der Waals surface area contributed by atoms with Crippen molar-refractivity contribution in [3.63, 3.8) is 0 Å². The lowest BCUT2D eigenvalue weighted by Crippen LogP contribution is -2.14. The van der Waals surface area contributed by atoms with Crippen LogP contribution in [-0.4, -0.2) is 19.2 Å². The summed E-state index contributed by atoms with van der Waals surface area (Å²) in [6.07, 6.45) is 8.62. The summed E-state index contributed by atoms with van der Waals surface area (Å²) in [7, 11) is 1.67. The van der Waals surface area contributed by atoms with Gasteiger partial charge in [-0.05, 0) is 79.6 Å². The average molecular weight is 433 g/mol.